The molecule has 4 N–H and O–H groups in total. The van der Waals surface area contributed by atoms with Crippen LogP contribution in [0.25, 0.3) is 0 Å². The molecule has 1 amide bonds. The van der Waals surface area contributed by atoms with E-state index in [1.165, 1.54) is 4.31 Å². The molecular weight excluding hydrogens is 390 g/mol. The number of hydrogen-bond donors (Lipinski definition) is 3. The van der Waals surface area contributed by atoms with Crippen LogP contribution >= 0.6 is 12.4 Å². The Balaban J connectivity index is 0.00000261. The molecule has 1 saturated carbocycles. The number of piperidine rings is 1. The van der Waals surface area contributed by atoms with Crippen molar-refractivity contribution in [3.63, 3.8) is 0 Å². The van der Waals surface area contributed by atoms with Gasteiger partial charge in [-0.25, -0.2) is 8.42 Å². The van der Waals surface area contributed by atoms with E-state index in [0.717, 1.165) is 25.7 Å². The summed E-state index contributed by atoms with van der Waals surface area (Å²) in [5, 5.41) is 9.83. The van der Waals surface area contributed by atoms with Crippen molar-refractivity contribution in [2.75, 3.05) is 13.1 Å². The molecular formula is C17H30ClN5O3S. The van der Waals surface area contributed by atoms with Gasteiger partial charge < -0.3 is 11.1 Å². The van der Waals surface area contributed by atoms with Crippen LogP contribution in [-0.2, 0) is 14.8 Å². The predicted molar refractivity (Wildman–Crippen MR) is 105 cm³/mol. The van der Waals surface area contributed by atoms with Crippen molar-refractivity contribution in [3.05, 3.63) is 11.4 Å². The van der Waals surface area contributed by atoms with Crippen LogP contribution in [0.1, 0.15) is 49.9 Å². The second kappa shape index (κ2) is 8.89. The van der Waals surface area contributed by atoms with Crippen LogP contribution in [0.2, 0.25) is 0 Å². The number of aromatic nitrogens is 2. The van der Waals surface area contributed by atoms with Crippen LogP contribution in [-0.4, -0.2) is 54.0 Å². The van der Waals surface area contributed by atoms with Crippen LogP contribution in [0.15, 0.2) is 4.90 Å². The van der Waals surface area contributed by atoms with Crippen LogP contribution in [0.5, 0.6) is 0 Å². The van der Waals surface area contributed by atoms with Crippen molar-refractivity contribution >= 4 is 28.3 Å². The minimum Gasteiger partial charge on any atom is -0.353 e. The molecule has 1 aliphatic carbocycles. The van der Waals surface area contributed by atoms with E-state index in [9.17, 15) is 13.2 Å². The third-order valence-corrected chi connectivity index (χ3v) is 7.66. The average molecular weight is 420 g/mol. The summed E-state index contributed by atoms with van der Waals surface area (Å²) in [7, 11) is -3.64. The summed E-state index contributed by atoms with van der Waals surface area (Å²) in [6, 6.07) is 0.396. The first-order valence-electron chi connectivity index (χ1n) is 9.36. The zero-order valence-corrected chi connectivity index (χ0v) is 17.5. The summed E-state index contributed by atoms with van der Waals surface area (Å²) < 4.78 is 27.4. The maximum atomic E-state index is 13.0. The van der Waals surface area contributed by atoms with Gasteiger partial charge in [0.1, 0.15) is 4.90 Å². The highest BCUT2D eigenvalue weighted by Crippen LogP contribution is 2.27. The Labute approximate surface area is 167 Å². The number of aromatic amines is 1. The molecule has 2 heterocycles. The van der Waals surface area contributed by atoms with Gasteiger partial charge in [-0.1, -0.05) is 0 Å². The van der Waals surface area contributed by atoms with Gasteiger partial charge in [0, 0.05) is 25.2 Å². The molecule has 2 aliphatic rings. The Kier molecular flexibility index (Phi) is 7.29. The maximum absolute atomic E-state index is 13.0. The number of amides is 1. The molecule has 154 valence electrons. The van der Waals surface area contributed by atoms with E-state index in [-0.39, 0.29) is 47.8 Å². The second-order valence-corrected chi connectivity index (χ2v) is 9.46. The number of nitrogens with two attached hydrogens (primary N) is 1. The van der Waals surface area contributed by atoms with Crippen LogP contribution in [0, 0.1) is 19.8 Å². The summed E-state index contributed by atoms with van der Waals surface area (Å²) >= 11 is 0. The second-order valence-electron chi connectivity index (χ2n) is 7.59. The summed E-state index contributed by atoms with van der Waals surface area (Å²) in [5.41, 5.74) is 6.91. The van der Waals surface area contributed by atoms with Crippen molar-refractivity contribution in [2.45, 2.75) is 69.4 Å². The highest BCUT2D eigenvalue weighted by molar-refractivity contribution is 7.89. The smallest absolute Gasteiger partial charge is 0.246 e. The topological polar surface area (TPSA) is 121 Å². The number of nitrogens with zero attached hydrogens (tertiary/aromatic N) is 2. The molecule has 27 heavy (non-hydrogen) atoms. The van der Waals surface area contributed by atoms with E-state index in [1.807, 2.05) is 0 Å². The van der Waals surface area contributed by atoms with Crippen molar-refractivity contribution in [3.8, 4) is 0 Å². The average Bonchev–Trinajstić information content (AvgIpc) is 2.96. The van der Waals surface area contributed by atoms with Crippen LogP contribution < -0.4 is 11.1 Å². The molecule has 0 radical (unpaired) electrons. The fraction of sp³-hybridized carbons (Fsp3) is 0.765. The zero-order chi connectivity index (χ0) is 18.9. The van der Waals surface area contributed by atoms with Crippen LogP contribution in [0.4, 0.5) is 0 Å². The summed E-state index contributed by atoms with van der Waals surface area (Å²) in [6.45, 7) is 4.05. The number of aryl methyl sites for hydroxylation is 2. The first-order valence-corrected chi connectivity index (χ1v) is 10.8. The molecule has 1 aromatic heterocycles. The number of nitrogens with one attached hydrogen (secondary N) is 2. The van der Waals surface area contributed by atoms with Gasteiger partial charge in [-0.15, -0.1) is 12.4 Å². The number of H-pyrrole nitrogens is 1. The summed E-state index contributed by atoms with van der Waals surface area (Å²) in [5.74, 6) is -0.340. The third kappa shape index (κ3) is 4.82. The first kappa shape index (κ1) is 22.1. The van der Waals surface area contributed by atoms with E-state index in [2.05, 4.69) is 15.5 Å². The van der Waals surface area contributed by atoms with Gasteiger partial charge in [-0.2, -0.15) is 9.40 Å². The Hall–Kier alpha value is -1.16. The predicted octanol–water partition coefficient (Wildman–Crippen LogP) is 1.24. The van der Waals surface area contributed by atoms with E-state index >= 15 is 0 Å². The fourth-order valence-corrected chi connectivity index (χ4v) is 5.86. The van der Waals surface area contributed by atoms with E-state index < -0.39 is 10.0 Å². The third-order valence-electron chi connectivity index (χ3n) is 5.53. The Morgan fingerprint density at radius 1 is 1.22 bits per heavy atom. The molecule has 1 saturated heterocycles. The van der Waals surface area contributed by atoms with Gasteiger partial charge in [0.15, 0.2) is 0 Å². The standard InChI is InChI=1S/C17H29N5O3S.ClH/c1-11-16(12(2)21-20-11)26(24,25)22-9-3-4-13(10-22)17(23)19-15-7-5-14(18)6-8-15;/h13-15H,3-10,18H2,1-2H3,(H,19,23)(H,20,21);1H. The van der Waals surface area contributed by atoms with Crippen molar-refractivity contribution in [1.29, 1.82) is 0 Å². The number of carbonyl (C=O) groups is 1. The number of sulfonamides is 1. The van der Waals surface area contributed by atoms with Gasteiger partial charge in [-0.3, -0.25) is 9.89 Å². The first-order chi connectivity index (χ1) is 12.3. The largest absolute Gasteiger partial charge is 0.353 e. The highest BCUT2D eigenvalue weighted by atomic mass is 35.5. The van der Waals surface area contributed by atoms with Crippen molar-refractivity contribution in [1.82, 2.24) is 19.8 Å². The molecule has 0 bridgehead atoms. The Morgan fingerprint density at radius 3 is 2.48 bits per heavy atom. The maximum Gasteiger partial charge on any atom is 0.246 e. The minimum absolute atomic E-state index is 0. The van der Waals surface area contributed by atoms with Gasteiger partial charge >= 0.3 is 0 Å². The molecule has 1 unspecified atom stereocenters. The lowest BCUT2D eigenvalue weighted by molar-refractivity contribution is -0.127. The zero-order valence-electron chi connectivity index (χ0n) is 15.9. The lowest BCUT2D eigenvalue weighted by Gasteiger charge is -2.33. The molecule has 1 atom stereocenters. The lowest BCUT2D eigenvalue weighted by atomic mass is 9.91. The quantitative estimate of drug-likeness (QED) is 0.677. The molecule has 8 nitrogen and oxygen atoms in total. The number of carbonyl (C=O) groups excluding carboxylic acids is 1. The highest BCUT2D eigenvalue weighted by Gasteiger charge is 2.36. The molecule has 0 spiro atoms. The Morgan fingerprint density at radius 2 is 1.89 bits per heavy atom. The van der Waals surface area contributed by atoms with Gasteiger partial charge in [-0.05, 0) is 52.4 Å². The normalized spacial score (nSPS) is 27.0. The van der Waals surface area contributed by atoms with Gasteiger partial charge in [0.25, 0.3) is 0 Å². The fourth-order valence-electron chi connectivity index (χ4n) is 4.01. The summed E-state index contributed by atoms with van der Waals surface area (Å²) in [6.07, 6.45) is 5.05. The van der Waals surface area contributed by atoms with Gasteiger partial charge in [0.05, 0.1) is 17.3 Å². The molecule has 3 rings (SSSR count). The number of rotatable bonds is 4. The lowest BCUT2D eigenvalue weighted by Crippen LogP contribution is -2.48. The van der Waals surface area contributed by atoms with E-state index in [0.29, 0.717) is 30.8 Å². The van der Waals surface area contributed by atoms with Crippen molar-refractivity contribution < 1.29 is 13.2 Å². The van der Waals surface area contributed by atoms with E-state index in [4.69, 9.17) is 5.73 Å². The van der Waals surface area contributed by atoms with Gasteiger partial charge in [0.2, 0.25) is 15.9 Å². The molecule has 10 heteroatoms. The molecule has 1 aromatic rings. The molecule has 0 aromatic carbocycles. The SMILES string of the molecule is Cc1n[nH]c(C)c1S(=O)(=O)N1CCCC(C(=O)NC2CCC(N)CC2)C1.Cl. The Bertz CT molecular complexity index is 739. The monoisotopic (exact) mass is 419 g/mol. The minimum atomic E-state index is -3.64. The number of hydrogen-bond acceptors (Lipinski definition) is 5. The van der Waals surface area contributed by atoms with Crippen LogP contribution in [0.3, 0.4) is 0 Å². The molecule has 2 fully saturated rings. The van der Waals surface area contributed by atoms with E-state index in [1.54, 1.807) is 13.8 Å². The number of halogens is 1. The van der Waals surface area contributed by atoms with Crippen molar-refractivity contribution in [2.24, 2.45) is 11.7 Å². The molecule has 1 aliphatic heterocycles. The summed E-state index contributed by atoms with van der Waals surface area (Å²) in [4.78, 5) is 12.9.